The lowest BCUT2D eigenvalue weighted by Gasteiger charge is -2.60. The zero-order valence-electron chi connectivity index (χ0n) is 18.1. The van der Waals surface area contributed by atoms with Gasteiger partial charge in [-0.3, -0.25) is 15.1 Å². The number of carbonyl (C=O) groups excluding carboxylic acids is 1. The van der Waals surface area contributed by atoms with E-state index in [1.807, 2.05) is 0 Å². The maximum absolute atomic E-state index is 12.7. The molecule has 5 nitrogen and oxygen atoms in total. The largest absolute Gasteiger partial charge is 0.396 e. The molecule has 3 N–H and O–H groups in total. The highest BCUT2D eigenvalue weighted by atomic mass is 16.7. The molecule has 0 radical (unpaired) electrons. The highest BCUT2D eigenvalue weighted by molar-refractivity contribution is 5.87. The minimum atomic E-state index is -0.0925. The zero-order chi connectivity index (χ0) is 20.2. The number of rotatable bonds is 4. The summed E-state index contributed by atoms with van der Waals surface area (Å²) in [4.78, 5) is 18.6. The lowest BCUT2D eigenvalue weighted by molar-refractivity contribution is -0.141. The Kier molecular flexibility index (Phi) is 5.07. The van der Waals surface area contributed by atoms with E-state index in [4.69, 9.17) is 4.84 Å². The third kappa shape index (κ3) is 3.11. The molecule has 4 fully saturated rings. The van der Waals surface area contributed by atoms with Crippen molar-refractivity contribution < 1.29 is 14.7 Å². The Morgan fingerprint density at radius 1 is 1.21 bits per heavy atom. The first-order valence-electron chi connectivity index (χ1n) is 11.9. The monoisotopic (exact) mass is 402 g/mol. The van der Waals surface area contributed by atoms with Gasteiger partial charge in [-0.1, -0.05) is 19.9 Å². The highest BCUT2D eigenvalue weighted by Crippen LogP contribution is 2.66. The quantitative estimate of drug-likeness (QED) is 0.630. The maximum Gasteiger partial charge on any atom is 0.139 e. The second kappa shape index (κ2) is 7.35. The van der Waals surface area contributed by atoms with Crippen LogP contribution in [0.4, 0.5) is 0 Å². The van der Waals surface area contributed by atoms with Crippen LogP contribution in [-0.4, -0.2) is 36.7 Å². The van der Waals surface area contributed by atoms with Gasteiger partial charge >= 0.3 is 0 Å². The Balaban J connectivity index is 1.37. The average molecular weight is 403 g/mol. The van der Waals surface area contributed by atoms with Crippen molar-refractivity contribution in [2.75, 3.05) is 19.7 Å². The molecule has 0 spiro atoms. The zero-order valence-corrected chi connectivity index (χ0v) is 18.1. The van der Waals surface area contributed by atoms with Gasteiger partial charge < -0.3 is 10.4 Å². The van der Waals surface area contributed by atoms with E-state index in [9.17, 15) is 9.90 Å². The molecule has 0 bridgehead atoms. The van der Waals surface area contributed by atoms with Gasteiger partial charge in [-0.15, -0.1) is 0 Å². The molecule has 1 aliphatic heterocycles. The summed E-state index contributed by atoms with van der Waals surface area (Å²) in [5.41, 5.74) is 4.61. The van der Waals surface area contributed by atoms with Crippen LogP contribution in [0.15, 0.2) is 11.8 Å². The summed E-state index contributed by atoms with van der Waals surface area (Å²) in [6.07, 6.45) is 11.0. The van der Waals surface area contributed by atoms with Crippen LogP contribution in [0.25, 0.3) is 0 Å². The number of carbonyl (C=O) groups is 1. The first kappa shape index (κ1) is 20.0. The molecule has 0 aromatic rings. The topological polar surface area (TPSA) is 70.6 Å². The first-order valence-corrected chi connectivity index (χ1v) is 11.9. The Labute approximate surface area is 175 Å². The third-order valence-corrected chi connectivity index (χ3v) is 9.76. The van der Waals surface area contributed by atoms with Crippen LogP contribution in [0.5, 0.6) is 0 Å². The molecule has 8 atom stereocenters. The minimum absolute atomic E-state index is 0.0925. The summed E-state index contributed by atoms with van der Waals surface area (Å²) in [5, 5.41) is 13.7. The van der Waals surface area contributed by atoms with E-state index >= 15 is 0 Å². The van der Waals surface area contributed by atoms with Crippen LogP contribution < -0.4 is 10.8 Å². The molecule has 5 rings (SSSR count). The molecule has 0 aromatic carbocycles. The molecule has 5 aliphatic rings. The summed E-state index contributed by atoms with van der Waals surface area (Å²) in [6.45, 7) is 6.92. The molecule has 1 heterocycles. The average Bonchev–Trinajstić information content (AvgIpc) is 3.34. The molecular formula is C24H38N2O3. The van der Waals surface area contributed by atoms with Crippen LogP contribution in [0, 0.1) is 40.4 Å². The third-order valence-electron chi connectivity index (χ3n) is 9.76. The standard InChI is InChI=1S/C24H38N2O3/c1-23-8-5-16(26-29-17-7-10-25-13-17)12-21(23)15(14-27)11-18-19-3-4-22(28)24(19,2)9-6-20(18)23/h12,15,17-21,25-27H,3-11,13-14H2,1-2H3/t15-,17-,18+,19+,20+,21?,23-,24+/m1/s1. The molecule has 162 valence electrons. The molecule has 4 aliphatic carbocycles. The Morgan fingerprint density at radius 2 is 2.07 bits per heavy atom. The number of aliphatic hydroxyl groups excluding tert-OH is 1. The SMILES string of the molecule is C[C@]12CCC(NO[C@@H]3CCNC3)=CC1[C@@H](CO)C[C@@H]1[C@@H]2CC[C@]2(C)C(=O)CC[C@@H]12. The summed E-state index contributed by atoms with van der Waals surface area (Å²) in [6, 6.07) is 0. The van der Waals surface area contributed by atoms with E-state index in [2.05, 4.69) is 30.7 Å². The minimum Gasteiger partial charge on any atom is -0.396 e. The normalized spacial score (nSPS) is 49.2. The number of hydrogen-bond donors (Lipinski definition) is 3. The van der Waals surface area contributed by atoms with Crippen molar-refractivity contribution in [1.29, 1.82) is 0 Å². The van der Waals surface area contributed by atoms with Gasteiger partial charge in [-0.2, -0.15) is 0 Å². The lowest BCUT2D eigenvalue weighted by atomic mass is 9.44. The molecule has 1 unspecified atom stereocenters. The van der Waals surface area contributed by atoms with Crippen LogP contribution in [0.3, 0.4) is 0 Å². The number of allylic oxidation sites excluding steroid dienone is 2. The van der Waals surface area contributed by atoms with Gasteiger partial charge in [0.05, 0.1) is 6.10 Å². The van der Waals surface area contributed by atoms with Crippen molar-refractivity contribution in [2.24, 2.45) is 40.4 Å². The molecule has 1 saturated heterocycles. The van der Waals surface area contributed by atoms with Gasteiger partial charge in [0.2, 0.25) is 0 Å². The first-order chi connectivity index (χ1) is 14.0. The van der Waals surface area contributed by atoms with E-state index in [1.54, 1.807) is 0 Å². The Morgan fingerprint density at radius 3 is 2.83 bits per heavy atom. The van der Waals surface area contributed by atoms with Crippen molar-refractivity contribution in [3.8, 4) is 0 Å². The molecule has 5 heteroatoms. The van der Waals surface area contributed by atoms with E-state index in [0.717, 1.165) is 58.0 Å². The van der Waals surface area contributed by atoms with Crippen molar-refractivity contribution in [2.45, 2.75) is 71.3 Å². The molecular weight excluding hydrogens is 364 g/mol. The fraction of sp³-hybridized carbons (Fsp3) is 0.875. The summed E-state index contributed by atoms with van der Waals surface area (Å²) >= 11 is 0. The maximum atomic E-state index is 12.7. The van der Waals surface area contributed by atoms with Crippen molar-refractivity contribution >= 4 is 5.78 Å². The van der Waals surface area contributed by atoms with Crippen molar-refractivity contribution in [3.05, 3.63) is 11.8 Å². The van der Waals surface area contributed by atoms with Crippen molar-refractivity contribution in [3.63, 3.8) is 0 Å². The van der Waals surface area contributed by atoms with Gasteiger partial charge in [-0.25, -0.2) is 0 Å². The van der Waals surface area contributed by atoms with Crippen LogP contribution in [-0.2, 0) is 9.63 Å². The van der Waals surface area contributed by atoms with E-state index in [-0.39, 0.29) is 23.5 Å². The number of hydrogen-bond acceptors (Lipinski definition) is 5. The summed E-state index contributed by atoms with van der Waals surface area (Å²) < 4.78 is 0. The van der Waals surface area contributed by atoms with E-state index in [0.29, 0.717) is 35.4 Å². The van der Waals surface area contributed by atoms with Crippen LogP contribution in [0.2, 0.25) is 0 Å². The second-order valence-corrected chi connectivity index (χ2v) is 11.0. The number of nitrogens with one attached hydrogen (secondary N) is 2. The molecule has 0 amide bonds. The molecule has 0 aromatic heterocycles. The summed E-state index contributed by atoms with van der Waals surface area (Å²) in [5.74, 6) is 3.00. The highest BCUT2D eigenvalue weighted by Gasteiger charge is 2.61. The fourth-order valence-corrected chi connectivity index (χ4v) is 8.03. The van der Waals surface area contributed by atoms with Crippen LogP contribution in [0.1, 0.15) is 65.2 Å². The van der Waals surface area contributed by atoms with E-state index in [1.165, 1.54) is 12.1 Å². The Bertz CT molecular complexity index is 688. The number of aliphatic hydroxyl groups is 1. The second-order valence-electron chi connectivity index (χ2n) is 11.0. The summed E-state index contributed by atoms with van der Waals surface area (Å²) in [7, 11) is 0. The smallest absolute Gasteiger partial charge is 0.139 e. The van der Waals surface area contributed by atoms with Gasteiger partial charge in [-0.05, 0) is 86.5 Å². The lowest BCUT2D eigenvalue weighted by Crippen LogP contribution is -2.55. The number of fused-ring (bicyclic) bond motifs is 5. The predicted octanol–water partition coefficient (Wildman–Crippen LogP) is 3.19. The van der Waals surface area contributed by atoms with Gasteiger partial charge in [0.15, 0.2) is 0 Å². The number of Topliss-reactive ketones (excluding diaryl/α,β-unsaturated/α-hetero) is 1. The Hall–Kier alpha value is -0.910. The van der Waals surface area contributed by atoms with Gasteiger partial charge in [0, 0.05) is 30.7 Å². The predicted molar refractivity (Wildman–Crippen MR) is 112 cm³/mol. The van der Waals surface area contributed by atoms with Crippen LogP contribution >= 0.6 is 0 Å². The molecule has 29 heavy (non-hydrogen) atoms. The number of hydroxylamine groups is 1. The van der Waals surface area contributed by atoms with E-state index < -0.39 is 0 Å². The van der Waals surface area contributed by atoms with Gasteiger partial charge in [0.25, 0.3) is 0 Å². The van der Waals surface area contributed by atoms with Crippen molar-refractivity contribution in [1.82, 2.24) is 10.8 Å². The number of ketones is 1. The van der Waals surface area contributed by atoms with Gasteiger partial charge in [0.1, 0.15) is 5.78 Å². The molecule has 3 saturated carbocycles. The fourth-order valence-electron chi connectivity index (χ4n) is 8.03.